The maximum Gasteiger partial charge on any atom is 0.273 e. The highest BCUT2D eigenvalue weighted by atomic mass is 32.2. The number of nitrogens with zero attached hydrogens (tertiary/aromatic N) is 2. The van der Waals surface area contributed by atoms with E-state index in [-0.39, 0.29) is 35.5 Å². The summed E-state index contributed by atoms with van der Waals surface area (Å²) in [4.78, 5) is 22.8. The lowest BCUT2D eigenvalue weighted by Crippen LogP contribution is -2.41. The Hall–Kier alpha value is -2.78. The highest BCUT2D eigenvalue weighted by molar-refractivity contribution is 7.89. The van der Waals surface area contributed by atoms with Gasteiger partial charge in [-0.3, -0.25) is 14.9 Å². The third-order valence-electron chi connectivity index (χ3n) is 4.88. The molecule has 9 heteroatoms. The van der Waals surface area contributed by atoms with E-state index in [0.717, 1.165) is 6.07 Å². The zero-order chi connectivity index (χ0) is 20.3. The predicted octanol–water partition coefficient (Wildman–Crippen LogP) is 2.94. The number of benzene rings is 2. The maximum absolute atomic E-state index is 12.8. The molecule has 0 aromatic heterocycles. The summed E-state index contributed by atoms with van der Waals surface area (Å²) >= 11 is 0. The van der Waals surface area contributed by atoms with E-state index < -0.39 is 14.9 Å². The lowest BCUT2D eigenvalue weighted by atomic mass is 9.97. The molecule has 2 aromatic carbocycles. The van der Waals surface area contributed by atoms with Crippen molar-refractivity contribution in [2.24, 2.45) is 5.92 Å². The standard InChI is InChI=1S/C19H21N3O5S/c1-14-7-8-17(13-18(14)22(24)25)28(26,27)21-11-9-15(10-12-21)19(23)20-16-5-3-2-4-6-16/h2-8,13,15H,9-12H2,1H3,(H,20,23). The van der Waals surface area contributed by atoms with Gasteiger partial charge in [0.25, 0.3) is 5.69 Å². The Balaban J connectivity index is 1.68. The number of rotatable bonds is 5. The van der Waals surface area contributed by atoms with Crippen LogP contribution in [0.25, 0.3) is 0 Å². The zero-order valence-electron chi connectivity index (χ0n) is 15.4. The molecule has 8 nitrogen and oxygen atoms in total. The van der Waals surface area contributed by atoms with E-state index in [1.54, 1.807) is 19.1 Å². The minimum absolute atomic E-state index is 0.100. The van der Waals surface area contributed by atoms with Crippen molar-refractivity contribution in [2.75, 3.05) is 18.4 Å². The molecule has 148 valence electrons. The number of nitro benzene ring substituents is 1. The molecule has 1 heterocycles. The summed E-state index contributed by atoms with van der Waals surface area (Å²) in [7, 11) is -3.85. The first-order valence-corrected chi connectivity index (χ1v) is 10.3. The number of hydrogen-bond donors (Lipinski definition) is 1. The number of hydrogen-bond acceptors (Lipinski definition) is 5. The number of anilines is 1. The van der Waals surface area contributed by atoms with E-state index in [0.29, 0.717) is 24.1 Å². The molecule has 0 bridgehead atoms. The van der Waals surface area contributed by atoms with Gasteiger partial charge < -0.3 is 5.32 Å². The van der Waals surface area contributed by atoms with E-state index in [1.165, 1.54) is 16.4 Å². The molecule has 0 saturated carbocycles. The summed E-state index contributed by atoms with van der Waals surface area (Å²) in [5.41, 5.74) is 0.882. The first-order valence-electron chi connectivity index (χ1n) is 8.90. The summed E-state index contributed by atoms with van der Waals surface area (Å²) in [6.45, 7) is 1.94. The van der Waals surface area contributed by atoms with E-state index in [9.17, 15) is 23.3 Å². The maximum atomic E-state index is 12.8. The highest BCUT2D eigenvalue weighted by Crippen LogP contribution is 2.28. The number of piperidine rings is 1. The predicted molar refractivity (Wildman–Crippen MR) is 104 cm³/mol. The minimum Gasteiger partial charge on any atom is -0.326 e. The van der Waals surface area contributed by atoms with Gasteiger partial charge in [-0.25, -0.2) is 8.42 Å². The average molecular weight is 403 g/mol. The van der Waals surface area contributed by atoms with Gasteiger partial charge in [-0.1, -0.05) is 24.3 Å². The van der Waals surface area contributed by atoms with Crippen molar-refractivity contribution < 1.29 is 18.1 Å². The molecule has 1 aliphatic heterocycles. The normalized spacial score (nSPS) is 15.9. The molecule has 3 rings (SSSR count). The number of para-hydroxylation sites is 1. The second-order valence-electron chi connectivity index (χ2n) is 6.74. The van der Waals surface area contributed by atoms with Gasteiger partial charge in [0.1, 0.15) is 0 Å². The zero-order valence-corrected chi connectivity index (χ0v) is 16.2. The number of sulfonamides is 1. The van der Waals surface area contributed by atoms with Crippen molar-refractivity contribution >= 4 is 27.3 Å². The number of nitrogens with one attached hydrogen (secondary N) is 1. The number of carbonyl (C=O) groups is 1. The first kappa shape index (κ1) is 20.0. The molecule has 0 unspecified atom stereocenters. The van der Waals surface area contributed by atoms with Gasteiger partial charge >= 0.3 is 0 Å². The van der Waals surface area contributed by atoms with Crippen LogP contribution >= 0.6 is 0 Å². The van der Waals surface area contributed by atoms with Crippen molar-refractivity contribution in [1.29, 1.82) is 0 Å². The largest absolute Gasteiger partial charge is 0.326 e. The van der Waals surface area contributed by atoms with Gasteiger partial charge in [-0.05, 0) is 38.0 Å². The quantitative estimate of drug-likeness (QED) is 0.610. The van der Waals surface area contributed by atoms with E-state index in [4.69, 9.17) is 0 Å². The number of aryl methyl sites for hydroxylation is 1. The Morgan fingerprint density at radius 1 is 1.14 bits per heavy atom. The topological polar surface area (TPSA) is 110 Å². The fraction of sp³-hybridized carbons (Fsp3) is 0.316. The molecule has 0 radical (unpaired) electrons. The van der Waals surface area contributed by atoms with Crippen LogP contribution in [-0.4, -0.2) is 36.6 Å². The summed E-state index contributed by atoms with van der Waals surface area (Å²) < 4.78 is 27.0. The molecule has 28 heavy (non-hydrogen) atoms. The number of amides is 1. The molecule has 0 atom stereocenters. The van der Waals surface area contributed by atoms with E-state index in [2.05, 4.69) is 5.32 Å². The number of carbonyl (C=O) groups excluding carboxylic acids is 1. The molecule has 2 aromatic rings. The van der Waals surface area contributed by atoms with Gasteiger partial charge in [-0.2, -0.15) is 4.31 Å². The van der Waals surface area contributed by atoms with Gasteiger partial charge in [0, 0.05) is 36.3 Å². The second-order valence-corrected chi connectivity index (χ2v) is 8.68. The molecule has 1 N–H and O–H groups in total. The van der Waals surface area contributed by atoms with Crippen molar-refractivity contribution in [3.63, 3.8) is 0 Å². The van der Waals surface area contributed by atoms with Crippen molar-refractivity contribution in [2.45, 2.75) is 24.7 Å². The summed E-state index contributed by atoms with van der Waals surface area (Å²) in [5.74, 6) is -0.409. The van der Waals surface area contributed by atoms with Crippen LogP contribution in [0, 0.1) is 23.0 Å². The third-order valence-corrected chi connectivity index (χ3v) is 6.78. The van der Waals surface area contributed by atoms with Crippen LogP contribution in [0.15, 0.2) is 53.4 Å². The lowest BCUT2D eigenvalue weighted by molar-refractivity contribution is -0.385. The Kier molecular flexibility index (Phi) is 5.76. The summed E-state index contributed by atoms with van der Waals surface area (Å²) in [6, 6.07) is 13.0. The van der Waals surface area contributed by atoms with Crippen molar-refractivity contribution in [3.05, 3.63) is 64.2 Å². The molecule has 1 fully saturated rings. The smallest absolute Gasteiger partial charge is 0.273 e. The van der Waals surface area contributed by atoms with Crippen LogP contribution in [0.3, 0.4) is 0 Å². The second kappa shape index (κ2) is 8.07. The van der Waals surface area contributed by atoms with Gasteiger partial charge in [0.05, 0.1) is 9.82 Å². The molecule has 1 amide bonds. The van der Waals surface area contributed by atoms with Crippen molar-refractivity contribution in [1.82, 2.24) is 4.31 Å². The van der Waals surface area contributed by atoms with Crippen LogP contribution in [0.2, 0.25) is 0 Å². The molecule has 1 saturated heterocycles. The first-order chi connectivity index (χ1) is 13.3. The minimum atomic E-state index is -3.85. The van der Waals surface area contributed by atoms with Gasteiger partial charge in [-0.15, -0.1) is 0 Å². The van der Waals surface area contributed by atoms with Gasteiger partial charge in [0.15, 0.2) is 0 Å². The molecular weight excluding hydrogens is 382 g/mol. The fourth-order valence-electron chi connectivity index (χ4n) is 3.22. The average Bonchev–Trinajstić information content (AvgIpc) is 2.68. The summed E-state index contributed by atoms with van der Waals surface area (Å²) in [6.07, 6.45) is 0.789. The summed E-state index contributed by atoms with van der Waals surface area (Å²) in [5, 5.41) is 13.9. The number of nitro groups is 1. The Labute approximate surface area is 163 Å². The van der Waals surface area contributed by atoms with E-state index >= 15 is 0 Å². The van der Waals surface area contributed by atoms with Crippen LogP contribution in [0.4, 0.5) is 11.4 Å². The fourth-order valence-corrected chi connectivity index (χ4v) is 4.71. The Morgan fingerprint density at radius 2 is 1.79 bits per heavy atom. The Morgan fingerprint density at radius 3 is 2.39 bits per heavy atom. The molecule has 0 aliphatic carbocycles. The van der Waals surface area contributed by atoms with Gasteiger partial charge in [0.2, 0.25) is 15.9 Å². The molecule has 0 spiro atoms. The molecular formula is C19H21N3O5S. The Bertz CT molecular complexity index is 984. The van der Waals surface area contributed by atoms with E-state index in [1.807, 2.05) is 18.2 Å². The molecule has 1 aliphatic rings. The van der Waals surface area contributed by atoms with Crippen LogP contribution < -0.4 is 5.32 Å². The third kappa shape index (κ3) is 4.20. The van der Waals surface area contributed by atoms with Crippen LogP contribution in [-0.2, 0) is 14.8 Å². The SMILES string of the molecule is Cc1ccc(S(=O)(=O)N2CCC(C(=O)Nc3ccccc3)CC2)cc1[N+](=O)[O-]. The highest BCUT2D eigenvalue weighted by Gasteiger charge is 2.33. The van der Waals surface area contributed by atoms with Crippen LogP contribution in [0.5, 0.6) is 0 Å². The monoisotopic (exact) mass is 403 g/mol. The lowest BCUT2D eigenvalue weighted by Gasteiger charge is -2.30. The van der Waals surface area contributed by atoms with Crippen LogP contribution in [0.1, 0.15) is 18.4 Å². The van der Waals surface area contributed by atoms with Crippen molar-refractivity contribution in [3.8, 4) is 0 Å².